The monoisotopic (exact) mass is 197 g/mol. The van der Waals surface area contributed by atoms with E-state index in [1.165, 1.54) is 0 Å². The first kappa shape index (κ1) is 10.9. The van der Waals surface area contributed by atoms with Gasteiger partial charge in [-0.3, -0.25) is 14.5 Å². The molecule has 0 saturated carbocycles. The summed E-state index contributed by atoms with van der Waals surface area (Å²) in [5.74, 6) is -0.556. The van der Waals surface area contributed by atoms with E-state index in [1.807, 2.05) is 6.92 Å². The number of amides is 2. The Bertz CT molecular complexity index is 282. The topological polar surface area (TPSA) is 57.6 Å². The molecule has 0 aromatic rings. The van der Waals surface area contributed by atoms with Gasteiger partial charge in [-0.25, -0.2) is 0 Å². The summed E-state index contributed by atoms with van der Waals surface area (Å²) in [5, 5.41) is 9.36. The molecule has 0 spiro atoms. The van der Waals surface area contributed by atoms with E-state index >= 15 is 0 Å². The number of aliphatic hydroxyl groups is 1. The van der Waals surface area contributed by atoms with E-state index in [-0.39, 0.29) is 18.4 Å². The van der Waals surface area contributed by atoms with Crippen molar-refractivity contribution in [2.24, 2.45) is 0 Å². The number of imide groups is 1. The van der Waals surface area contributed by atoms with Crippen LogP contribution in [0.15, 0.2) is 11.1 Å². The Labute approximate surface area is 83.2 Å². The van der Waals surface area contributed by atoms with Crippen molar-refractivity contribution in [2.75, 3.05) is 6.54 Å². The van der Waals surface area contributed by atoms with Crippen LogP contribution >= 0.6 is 0 Å². The quantitative estimate of drug-likeness (QED) is 0.669. The van der Waals surface area contributed by atoms with Crippen LogP contribution in [0.5, 0.6) is 0 Å². The highest BCUT2D eigenvalue weighted by molar-refractivity contribution is 6.18. The standard InChI is InChI=1S/C10H15NO3/c1-4-8(12)5-11-9(13)6(2)7(3)10(11)14/h8,12H,4-5H2,1-3H3. The van der Waals surface area contributed by atoms with E-state index in [9.17, 15) is 14.7 Å². The van der Waals surface area contributed by atoms with Gasteiger partial charge in [0.05, 0.1) is 12.6 Å². The molecule has 0 aromatic heterocycles. The lowest BCUT2D eigenvalue weighted by Crippen LogP contribution is -2.37. The Balaban J connectivity index is 2.77. The Hall–Kier alpha value is -1.16. The van der Waals surface area contributed by atoms with Crippen LogP contribution in [0.4, 0.5) is 0 Å². The molecule has 1 rings (SSSR count). The first-order chi connectivity index (χ1) is 6.49. The number of aliphatic hydroxyl groups excluding tert-OH is 1. The predicted octanol–water partition coefficient (Wildman–Crippen LogP) is 0.462. The molecular formula is C10H15NO3. The summed E-state index contributed by atoms with van der Waals surface area (Å²) in [5.41, 5.74) is 0.969. The van der Waals surface area contributed by atoms with Gasteiger partial charge in [-0.15, -0.1) is 0 Å². The van der Waals surface area contributed by atoms with E-state index in [1.54, 1.807) is 13.8 Å². The van der Waals surface area contributed by atoms with Crippen LogP contribution in [0.3, 0.4) is 0 Å². The highest BCUT2D eigenvalue weighted by atomic mass is 16.3. The van der Waals surface area contributed by atoms with E-state index in [0.717, 1.165) is 4.90 Å². The van der Waals surface area contributed by atoms with Crippen molar-refractivity contribution in [1.82, 2.24) is 4.90 Å². The van der Waals surface area contributed by atoms with E-state index in [4.69, 9.17) is 0 Å². The molecule has 0 bridgehead atoms. The van der Waals surface area contributed by atoms with Crippen molar-refractivity contribution in [1.29, 1.82) is 0 Å². The predicted molar refractivity (Wildman–Crippen MR) is 51.4 cm³/mol. The van der Waals surface area contributed by atoms with Crippen LogP contribution in [0.25, 0.3) is 0 Å². The second kappa shape index (κ2) is 3.92. The lowest BCUT2D eigenvalue weighted by atomic mass is 10.2. The maximum Gasteiger partial charge on any atom is 0.256 e. The molecule has 0 aromatic carbocycles. The molecule has 78 valence electrons. The van der Waals surface area contributed by atoms with Gasteiger partial charge >= 0.3 is 0 Å². The highest BCUT2D eigenvalue weighted by Crippen LogP contribution is 2.19. The van der Waals surface area contributed by atoms with E-state index in [2.05, 4.69) is 0 Å². The molecule has 1 aliphatic rings. The molecule has 14 heavy (non-hydrogen) atoms. The van der Waals surface area contributed by atoms with Crippen molar-refractivity contribution >= 4 is 11.8 Å². The molecule has 2 amide bonds. The van der Waals surface area contributed by atoms with Crippen LogP contribution in [-0.4, -0.2) is 34.5 Å². The normalized spacial score (nSPS) is 19.6. The lowest BCUT2D eigenvalue weighted by Gasteiger charge is -2.17. The van der Waals surface area contributed by atoms with Crippen molar-refractivity contribution < 1.29 is 14.7 Å². The van der Waals surface area contributed by atoms with E-state index < -0.39 is 6.10 Å². The Morgan fingerprint density at radius 2 is 1.64 bits per heavy atom. The SMILES string of the molecule is CCC(O)CN1C(=O)C(C)=C(C)C1=O. The molecule has 0 saturated heterocycles. The minimum atomic E-state index is -0.624. The molecule has 0 fully saturated rings. The molecule has 0 radical (unpaired) electrons. The summed E-state index contributed by atoms with van der Waals surface area (Å²) < 4.78 is 0. The van der Waals surface area contributed by atoms with Gasteiger partial charge < -0.3 is 5.11 Å². The third kappa shape index (κ3) is 1.70. The fourth-order valence-electron chi connectivity index (χ4n) is 1.32. The zero-order chi connectivity index (χ0) is 10.9. The Morgan fingerprint density at radius 3 is 2.00 bits per heavy atom. The van der Waals surface area contributed by atoms with Gasteiger partial charge in [-0.05, 0) is 20.3 Å². The molecule has 1 N–H and O–H groups in total. The van der Waals surface area contributed by atoms with E-state index in [0.29, 0.717) is 17.6 Å². The van der Waals surface area contributed by atoms with Gasteiger partial charge in [0.25, 0.3) is 11.8 Å². The fourth-order valence-corrected chi connectivity index (χ4v) is 1.32. The van der Waals surface area contributed by atoms with Crippen LogP contribution in [0, 0.1) is 0 Å². The smallest absolute Gasteiger partial charge is 0.256 e. The number of carbonyl (C=O) groups is 2. The third-order valence-corrected chi connectivity index (χ3v) is 2.56. The van der Waals surface area contributed by atoms with Gasteiger partial charge in [0.2, 0.25) is 0 Å². The molecule has 4 heteroatoms. The molecule has 1 unspecified atom stereocenters. The van der Waals surface area contributed by atoms with Gasteiger partial charge in [-0.2, -0.15) is 0 Å². The number of nitrogens with zero attached hydrogens (tertiary/aromatic N) is 1. The zero-order valence-electron chi connectivity index (χ0n) is 8.70. The summed E-state index contributed by atoms with van der Waals surface area (Å²) in [6.45, 7) is 5.17. The van der Waals surface area contributed by atoms with Crippen LogP contribution < -0.4 is 0 Å². The number of carbonyl (C=O) groups excluding carboxylic acids is 2. The molecule has 1 heterocycles. The number of β-amino-alcohol motifs (C(OH)–C–C–N with tert-alkyl or cyclic N) is 1. The molecule has 4 nitrogen and oxygen atoms in total. The van der Waals surface area contributed by atoms with Gasteiger partial charge in [-0.1, -0.05) is 6.92 Å². The summed E-state index contributed by atoms with van der Waals surface area (Å²) in [4.78, 5) is 24.1. The summed E-state index contributed by atoms with van der Waals surface area (Å²) in [6, 6.07) is 0. The minimum absolute atomic E-state index is 0.100. The average molecular weight is 197 g/mol. The van der Waals surface area contributed by atoms with Gasteiger partial charge in [0.15, 0.2) is 0 Å². The van der Waals surface area contributed by atoms with Gasteiger partial charge in [0.1, 0.15) is 0 Å². The first-order valence-corrected chi connectivity index (χ1v) is 4.70. The van der Waals surface area contributed by atoms with Gasteiger partial charge in [0, 0.05) is 11.1 Å². The fraction of sp³-hybridized carbons (Fsp3) is 0.600. The third-order valence-electron chi connectivity index (χ3n) is 2.56. The number of rotatable bonds is 3. The molecule has 0 aliphatic carbocycles. The zero-order valence-corrected chi connectivity index (χ0v) is 8.70. The van der Waals surface area contributed by atoms with Crippen molar-refractivity contribution in [2.45, 2.75) is 33.3 Å². The maximum absolute atomic E-state index is 11.5. The molecular weight excluding hydrogens is 182 g/mol. The van der Waals surface area contributed by atoms with Crippen molar-refractivity contribution in [3.8, 4) is 0 Å². The summed E-state index contributed by atoms with van der Waals surface area (Å²) in [6.07, 6.45) is -0.0867. The summed E-state index contributed by atoms with van der Waals surface area (Å²) in [7, 11) is 0. The number of hydrogen-bond donors (Lipinski definition) is 1. The number of hydrogen-bond acceptors (Lipinski definition) is 3. The maximum atomic E-state index is 11.5. The first-order valence-electron chi connectivity index (χ1n) is 4.70. The Kier molecular flexibility index (Phi) is 3.06. The molecule has 1 atom stereocenters. The molecule has 1 aliphatic heterocycles. The lowest BCUT2D eigenvalue weighted by molar-refractivity contribution is -0.139. The highest BCUT2D eigenvalue weighted by Gasteiger charge is 2.33. The second-order valence-corrected chi connectivity index (χ2v) is 3.53. The van der Waals surface area contributed by atoms with Crippen molar-refractivity contribution in [3.63, 3.8) is 0 Å². The van der Waals surface area contributed by atoms with Crippen LogP contribution in [0.1, 0.15) is 27.2 Å². The average Bonchev–Trinajstić information content (AvgIpc) is 2.35. The minimum Gasteiger partial charge on any atom is -0.391 e. The summed E-state index contributed by atoms with van der Waals surface area (Å²) >= 11 is 0. The van der Waals surface area contributed by atoms with Crippen LogP contribution in [0.2, 0.25) is 0 Å². The van der Waals surface area contributed by atoms with Crippen LogP contribution in [-0.2, 0) is 9.59 Å². The van der Waals surface area contributed by atoms with Crippen molar-refractivity contribution in [3.05, 3.63) is 11.1 Å². The Morgan fingerprint density at radius 1 is 1.21 bits per heavy atom. The second-order valence-electron chi connectivity index (χ2n) is 3.53. The largest absolute Gasteiger partial charge is 0.391 e.